The van der Waals surface area contributed by atoms with Crippen LogP contribution in [0, 0.1) is 0 Å². The summed E-state index contributed by atoms with van der Waals surface area (Å²) < 4.78 is 0. The van der Waals surface area contributed by atoms with Crippen molar-refractivity contribution in [1.82, 2.24) is 9.94 Å². The van der Waals surface area contributed by atoms with Gasteiger partial charge in [0.05, 0.1) is 12.4 Å². The fraction of sp³-hybridized carbons (Fsp3) is 0.571. The molecular formula is C7H14N2O2. The summed E-state index contributed by atoms with van der Waals surface area (Å²) >= 11 is 0. The van der Waals surface area contributed by atoms with Crippen LogP contribution in [0.4, 0.5) is 0 Å². The molecule has 1 rings (SSSR count). The zero-order valence-electron chi connectivity index (χ0n) is 6.90. The second-order valence-electron chi connectivity index (χ2n) is 1.81. The second-order valence-corrected chi connectivity index (χ2v) is 1.81. The minimum Gasteiger partial charge on any atom is -0.400 e. The predicted molar refractivity (Wildman–Crippen MR) is 42.1 cm³/mol. The Morgan fingerprint density at radius 2 is 2.27 bits per heavy atom. The Labute approximate surface area is 66.4 Å². The van der Waals surface area contributed by atoms with Crippen LogP contribution in [0.25, 0.3) is 0 Å². The summed E-state index contributed by atoms with van der Waals surface area (Å²) in [6.45, 7) is 2.25. The first-order valence-corrected chi connectivity index (χ1v) is 3.50. The molecule has 0 aromatic carbocycles. The zero-order valence-corrected chi connectivity index (χ0v) is 6.90. The van der Waals surface area contributed by atoms with E-state index in [1.807, 2.05) is 6.92 Å². The number of aromatic nitrogens is 2. The van der Waals surface area contributed by atoms with Gasteiger partial charge in [-0.3, -0.25) is 0 Å². The highest BCUT2D eigenvalue weighted by atomic mass is 16.7. The molecule has 0 radical (unpaired) electrons. The van der Waals surface area contributed by atoms with Crippen molar-refractivity contribution in [2.24, 2.45) is 0 Å². The van der Waals surface area contributed by atoms with Gasteiger partial charge in [0.25, 0.3) is 0 Å². The molecule has 0 aliphatic carbocycles. The first-order valence-electron chi connectivity index (χ1n) is 3.50. The summed E-state index contributed by atoms with van der Waals surface area (Å²) in [5.41, 5.74) is 0. The van der Waals surface area contributed by atoms with Gasteiger partial charge in [-0.05, 0) is 12.5 Å². The highest BCUT2D eigenvalue weighted by Gasteiger charge is 1.77. The Morgan fingerprint density at radius 1 is 1.64 bits per heavy atom. The fourth-order valence-electron chi connectivity index (χ4n) is 0.363. The fourth-order valence-corrected chi connectivity index (χ4v) is 0.363. The summed E-state index contributed by atoms with van der Waals surface area (Å²) in [6.07, 6.45) is 4.25. The van der Waals surface area contributed by atoms with E-state index in [-0.39, 0.29) is 0 Å². The first-order chi connectivity index (χ1) is 5.35. The van der Waals surface area contributed by atoms with Gasteiger partial charge in [0.2, 0.25) is 0 Å². The minimum atomic E-state index is 0.319. The molecule has 0 fully saturated rings. The number of hydrogen-bond donors (Lipinski definition) is 1. The van der Waals surface area contributed by atoms with E-state index >= 15 is 0 Å². The van der Waals surface area contributed by atoms with Crippen molar-refractivity contribution in [3.63, 3.8) is 0 Å². The van der Waals surface area contributed by atoms with Crippen molar-refractivity contribution >= 4 is 0 Å². The highest BCUT2D eigenvalue weighted by molar-refractivity contribution is 4.74. The average molecular weight is 158 g/mol. The van der Waals surface area contributed by atoms with Crippen LogP contribution in [0.15, 0.2) is 18.5 Å². The van der Waals surface area contributed by atoms with Gasteiger partial charge in [0.1, 0.15) is 7.11 Å². The lowest BCUT2D eigenvalue weighted by Gasteiger charge is -1.91. The van der Waals surface area contributed by atoms with Crippen LogP contribution < -0.4 is 4.84 Å². The minimum absolute atomic E-state index is 0.319. The molecule has 0 spiro atoms. The molecule has 1 aromatic rings. The molecule has 11 heavy (non-hydrogen) atoms. The normalized spacial score (nSPS) is 8.27. The van der Waals surface area contributed by atoms with Crippen molar-refractivity contribution in [3.8, 4) is 0 Å². The number of nitrogens with zero attached hydrogens (tertiary/aromatic N) is 2. The predicted octanol–water partition coefficient (Wildman–Crippen LogP) is 0.330. The van der Waals surface area contributed by atoms with Crippen LogP contribution >= 0.6 is 0 Å². The maximum absolute atomic E-state index is 7.88. The van der Waals surface area contributed by atoms with Gasteiger partial charge in [0, 0.05) is 6.61 Å². The third kappa shape index (κ3) is 5.42. The monoisotopic (exact) mass is 158 g/mol. The Bertz CT molecular complexity index is 149. The van der Waals surface area contributed by atoms with Crippen molar-refractivity contribution in [1.29, 1.82) is 0 Å². The van der Waals surface area contributed by atoms with E-state index in [9.17, 15) is 0 Å². The van der Waals surface area contributed by atoms with Crippen molar-refractivity contribution in [2.45, 2.75) is 13.3 Å². The number of rotatable bonds is 2. The molecule has 1 N–H and O–H groups in total. The standard InChI is InChI=1S/C4H6N2O.C3H8O/c1-7-6-4-2-3-5-6;1-2-3-4/h2-4H,1H3;4H,2-3H2,1H3. The third-order valence-electron chi connectivity index (χ3n) is 0.891. The maximum atomic E-state index is 7.88. The van der Waals surface area contributed by atoms with Gasteiger partial charge in [0.15, 0.2) is 0 Å². The van der Waals surface area contributed by atoms with E-state index in [1.165, 1.54) is 4.85 Å². The largest absolute Gasteiger partial charge is 0.400 e. The maximum Gasteiger partial charge on any atom is 0.106 e. The SMILES string of the molecule is CCCO.COn1cccn1. The molecule has 4 heteroatoms. The van der Waals surface area contributed by atoms with E-state index < -0.39 is 0 Å². The van der Waals surface area contributed by atoms with Crippen LogP contribution in [0.3, 0.4) is 0 Å². The highest BCUT2D eigenvalue weighted by Crippen LogP contribution is 1.74. The molecule has 64 valence electrons. The Hall–Kier alpha value is -1.03. The van der Waals surface area contributed by atoms with Gasteiger partial charge in [-0.15, -0.1) is 9.94 Å². The average Bonchev–Trinajstić information content (AvgIpc) is 2.56. The quantitative estimate of drug-likeness (QED) is 0.674. The van der Waals surface area contributed by atoms with E-state index in [2.05, 4.69) is 9.94 Å². The van der Waals surface area contributed by atoms with Gasteiger partial charge in [-0.1, -0.05) is 6.92 Å². The Kier molecular flexibility index (Phi) is 6.42. The number of aliphatic hydroxyl groups is 1. The van der Waals surface area contributed by atoms with Gasteiger partial charge in [-0.2, -0.15) is 0 Å². The van der Waals surface area contributed by atoms with Crippen molar-refractivity contribution in [2.75, 3.05) is 13.7 Å². The van der Waals surface area contributed by atoms with E-state index in [0.717, 1.165) is 6.42 Å². The molecule has 0 aliphatic heterocycles. The molecule has 0 bridgehead atoms. The molecule has 0 aliphatic rings. The molecule has 0 unspecified atom stereocenters. The van der Waals surface area contributed by atoms with Crippen LogP contribution in [0.2, 0.25) is 0 Å². The van der Waals surface area contributed by atoms with Gasteiger partial charge >= 0.3 is 0 Å². The Balaban J connectivity index is 0.000000218. The molecule has 1 heterocycles. The van der Waals surface area contributed by atoms with Crippen LogP contribution in [-0.2, 0) is 0 Å². The lowest BCUT2D eigenvalue weighted by molar-refractivity contribution is 0.134. The smallest absolute Gasteiger partial charge is 0.106 e. The lowest BCUT2D eigenvalue weighted by atomic mass is 10.5. The Morgan fingerprint density at radius 3 is 2.45 bits per heavy atom. The van der Waals surface area contributed by atoms with Crippen LogP contribution in [0.1, 0.15) is 13.3 Å². The third-order valence-corrected chi connectivity index (χ3v) is 0.891. The van der Waals surface area contributed by atoms with E-state index in [4.69, 9.17) is 5.11 Å². The van der Waals surface area contributed by atoms with Crippen LogP contribution in [0.5, 0.6) is 0 Å². The van der Waals surface area contributed by atoms with Gasteiger partial charge < -0.3 is 9.94 Å². The molecule has 0 saturated heterocycles. The molecule has 4 nitrogen and oxygen atoms in total. The van der Waals surface area contributed by atoms with E-state index in [0.29, 0.717) is 6.61 Å². The van der Waals surface area contributed by atoms with E-state index in [1.54, 1.807) is 25.6 Å². The molecule has 1 aromatic heterocycles. The van der Waals surface area contributed by atoms with Crippen LogP contribution in [-0.4, -0.2) is 28.8 Å². The topological polar surface area (TPSA) is 47.3 Å². The molecule has 0 atom stereocenters. The molecule has 0 amide bonds. The van der Waals surface area contributed by atoms with Gasteiger partial charge in [-0.25, -0.2) is 0 Å². The molecular weight excluding hydrogens is 144 g/mol. The van der Waals surface area contributed by atoms with Crippen molar-refractivity contribution in [3.05, 3.63) is 18.5 Å². The zero-order chi connectivity index (χ0) is 8.53. The summed E-state index contributed by atoms with van der Waals surface area (Å²) in [7, 11) is 1.56. The summed E-state index contributed by atoms with van der Waals surface area (Å²) in [6, 6.07) is 1.80. The number of hydrogen-bond acceptors (Lipinski definition) is 3. The summed E-state index contributed by atoms with van der Waals surface area (Å²) in [4.78, 5) is 6.03. The first kappa shape index (κ1) is 9.97. The summed E-state index contributed by atoms with van der Waals surface area (Å²) in [5, 5.41) is 11.6. The number of aliphatic hydroxyl groups excluding tert-OH is 1. The second kappa shape index (κ2) is 7.08. The summed E-state index contributed by atoms with van der Waals surface area (Å²) in [5.74, 6) is 0. The van der Waals surface area contributed by atoms with Crippen molar-refractivity contribution < 1.29 is 9.94 Å². The molecule has 0 saturated carbocycles. The lowest BCUT2D eigenvalue weighted by Crippen LogP contribution is -2.04.